The number of thiol groups is 1. The van der Waals surface area contributed by atoms with E-state index in [1.807, 2.05) is 30.3 Å². The van der Waals surface area contributed by atoms with Gasteiger partial charge < -0.3 is 15.8 Å². The smallest absolute Gasteiger partial charge is 0.325 e. The zero-order valence-electron chi connectivity index (χ0n) is 9.83. The molecule has 0 aliphatic heterocycles. The summed E-state index contributed by atoms with van der Waals surface area (Å²) in [7, 11) is 0. The van der Waals surface area contributed by atoms with Gasteiger partial charge in [-0.05, 0) is 5.56 Å². The molecule has 6 heteroatoms. The first kappa shape index (κ1) is 14.5. The molecule has 1 amide bonds. The normalized spacial score (nSPS) is 11.7. The zero-order valence-corrected chi connectivity index (χ0v) is 10.7. The number of esters is 1. The number of hydrogen-bond acceptors (Lipinski definition) is 5. The van der Waals surface area contributed by atoms with Crippen LogP contribution in [0.15, 0.2) is 30.3 Å². The largest absolute Gasteiger partial charge is 0.460 e. The second-order valence-corrected chi connectivity index (χ2v) is 4.02. The Balaban J connectivity index is 2.24. The molecule has 0 saturated heterocycles. The van der Waals surface area contributed by atoms with Gasteiger partial charge in [0.15, 0.2) is 0 Å². The highest BCUT2D eigenvalue weighted by Crippen LogP contribution is 2.00. The fourth-order valence-corrected chi connectivity index (χ4v) is 1.33. The van der Waals surface area contributed by atoms with Crippen LogP contribution in [-0.2, 0) is 20.9 Å². The summed E-state index contributed by atoms with van der Waals surface area (Å²) in [6.45, 7) is 0.00130. The van der Waals surface area contributed by atoms with Gasteiger partial charge in [0.05, 0.1) is 6.04 Å². The van der Waals surface area contributed by atoms with Crippen molar-refractivity contribution in [2.45, 2.75) is 12.6 Å². The molecular weight excluding hydrogens is 252 g/mol. The van der Waals surface area contributed by atoms with Gasteiger partial charge >= 0.3 is 5.97 Å². The maximum atomic E-state index is 11.3. The van der Waals surface area contributed by atoms with Crippen LogP contribution in [0, 0.1) is 0 Å². The number of carbonyl (C=O) groups excluding carboxylic acids is 2. The summed E-state index contributed by atoms with van der Waals surface area (Å²) < 4.78 is 4.98. The number of hydrogen-bond donors (Lipinski definition) is 3. The Morgan fingerprint density at radius 3 is 2.61 bits per heavy atom. The quantitative estimate of drug-likeness (QED) is 0.505. The number of benzene rings is 1. The van der Waals surface area contributed by atoms with Crippen LogP contribution in [0.4, 0.5) is 0 Å². The fourth-order valence-electron chi connectivity index (χ4n) is 1.16. The van der Waals surface area contributed by atoms with Gasteiger partial charge in [0.1, 0.15) is 13.2 Å². The highest BCUT2D eigenvalue weighted by molar-refractivity contribution is 7.80. The predicted octanol–water partition coefficient (Wildman–Crippen LogP) is 0.103. The van der Waals surface area contributed by atoms with Gasteiger partial charge in [0.2, 0.25) is 5.91 Å². The topological polar surface area (TPSA) is 81.4 Å². The van der Waals surface area contributed by atoms with E-state index in [1.165, 1.54) is 0 Å². The second-order valence-electron chi connectivity index (χ2n) is 3.65. The third-order valence-corrected chi connectivity index (χ3v) is 2.58. The lowest BCUT2D eigenvalue weighted by atomic mass is 10.2. The van der Waals surface area contributed by atoms with Gasteiger partial charge in [-0.25, -0.2) is 0 Å². The van der Waals surface area contributed by atoms with Gasteiger partial charge in [-0.3, -0.25) is 9.59 Å². The lowest BCUT2D eigenvalue weighted by Gasteiger charge is -2.09. The molecule has 18 heavy (non-hydrogen) atoms. The number of amides is 1. The maximum Gasteiger partial charge on any atom is 0.325 e. The number of carbonyl (C=O) groups is 2. The molecule has 1 aromatic rings. The van der Waals surface area contributed by atoms with Gasteiger partial charge in [0, 0.05) is 5.75 Å². The molecule has 1 rings (SSSR count). The second kappa shape index (κ2) is 7.73. The Kier molecular flexibility index (Phi) is 6.24. The summed E-state index contributed by atoms with van der Waals surface area (Å²) in [5.41, 5.74) is 6.32. The van der Waals surface area contributed by atoms with Crippen LogP contribution in [0.1, 0.15) is 5.56 Å². The van der Waals surface area contributed by atoms with Crippen LogP contribution < -0.4 is 11.1 Å². The number of rotatable bonds is 6. The summed E-state index contributed by atoms with van der Waals surface area (Å²) in [4.78, 5) is 22.6. The van der Waals surface area contributed by atoms with Crippen molar-refractivity contribution in [3.63, 3.8) is 0 Å². The molecule has 0 aliphatic rings. The van der Waals surface area contributed by atoms with Crippen LogP contribution in [0.25, 0.3) is 0 Å². The molecule has 0 heterocycles. The van der Waals surface area contributed by atoms with E-state index in [1.54, 1.807) is 0 Å². The van der Waals surface area contributed by atoms with Crippen LogP contribution in [0.5, 0.6) is 0 Å². The molecule has 98 valence electrons. The molecule has 0 fully saturated rings. The fraction of sp³-hybridized carbons (Fsp3) is 0.333. The molecule has 0 saturated carbocycles. The lowest BCUT2D eigenvalue weighted by molar-refractivity contribution is -0.145. The number of nitrogens with two attached hydrogens (primary N) is 1. The highest BCUT2D eigenvalue weighted by atomic mass is 32.1. The number of ether oxygens (including phenoxy) is 1. The van der Waals surface area contributed by atoms with E-state index in [-0.39, 0.29) is 18.9 Å². The summed E-state index contributed by atoms with van der Waals surface area (Å²) in [5, 5.41) is 2.38. The Morgan fingerprint density at radius 2 is 2.00 bits per heavy atom. The molecule has 0 spiro atoms. The molecule has 0 radical (unpaired) electrons. The summed E-state index contributed by atoms with van der Waals surface area (Å²) in [6.07, 6.45) is 0. The van der Waals surface area contributed by atoms with Crippen LogP contribution in [0.2, 0.25) is 0 Å². The predicted molar refractivity (Wildman–Crippen MR) is 71.1 cm³/mol. The van der Waals surface area contributed by atoms with Crippen molar-refractivity contribution >= 4 is 24.5 Å². The van der Waals surface area contributed by atoms with Crippen molar-refractivity contribution in [2.24, 2.45) is 5.73 Å². The third-order valence-electron chi connectivity index (χ3n) is 2.18. The molecule has 0 unspecified atom stereocenters. The van der Waals surface area contributed by atoms with E-state index in [4.69, 9.17) is 10.5 Å². The van der Waals surface area contributed by atoms with Gasteiger partial charge in [-0.1, -0.05) is 30.3 Å². The Hall–Kier alpha value is -1.53. The van der Waals surface area contributed by atoms with Gasteiger partial charge in [-0.15, -0.1) is 0 Å². The minimum absolute atomic E-state index is 0.187. The monoisotopic (exact) mass is 268 g/mol. The molecule has 1 aromatic carbocycles. The van der Waals surface area contributed by atoms with E-state index in [0.717, 1.165) is 5.56 Å². The van der Waals surface area contributed by atoms with E-state index in [2.05, 4.69) is 17.9 Å². The maximum absolute atomic E-state index is 11.3. The minimum Gasteiger partial charge on any atom is -0.460 e. The van der Waals surface area contributed by atoms with Gasteiger partial charge in [0.25, 0.3) is 0 Å². The molecule has 5 nitrogen and oxygen atoms in total. The zero-order chi connectivity index (χ0) is 13.4. The standard InChI is InChI=1S/C12H16N2O3S/c13-10(8-18)12(16)14-6-11(15)17-7-9-4-2-1-3-5-9/h1-5,10,18H,6-8,13H2,(H,14,16)/t10-/m0/s1. The number of nitrogens with one attached hydrogen (secondary N) is 1. The molecule has 1 atom stereocenters. The molecular formula is C12H16N2O3S. The first-order valence-corrected chi connectivity index (χ1v) is 6.10. The minimum atomic E-state index is -0.713. The lowest BCUT2D eigenvalue weighted by Crippen LogP contribution is -2.43. The molecule has 0 aromatic heterocycles. The summed E-state index contributed by atoms with van der Waals surface area (Å²) in [6, 6.07) is 8.58. The summed E-state index contributed by atoms with van der Waals surface area (Å²) >= 11 is 3.89. The van der Waals surface area contributed by atoms with E-state index < -0.39 is 17.9 Å². The average molecular weight is 268 g/mol. The van der Waals surface area contributed by atoms with Crippen molar-refractivity contribution in [3.05, 3.63) is 35.9 Å². The molecule has 3 N–H and O–H groups in total. The first-order chi connectivity index (χ1) is 8.63. The van der Waals surface area contributed by atoms with Crippen LogP contribution in [0.3, 0.4) is 0 Å². The van der Waals surface area contributed by atoms with Crippen LogP contribution >= 0.6 is 12.6 Å². The van der Waals surface area contributed by atoms with Crippen molar-refractivity contribution in [2.75, 3.05) is 12.3 Å². The third kappa shape index (κ3) is 5.20. The van der Waals surface area contributed by atoms with Gasteiger partial charge in [-0.2, -0.15) is 12.6 Å². The van der Waals surface area contributed by atoms with Crippen molar-refractivity contribution in [1.82, 2.24) is 5.32 Å². The van der Waals surface area contributed by atoms with E-state index in [9.17, 15) is 9.59 Å². The van der Waals surface area contributed by atoms with Crippen molar-refractivity contribution in [1.29, 1.82) is 0 Å². The van der Waals surface area contributed by atoms with E-state index in [0.29, 0.717) is 0 Å². The highest BCUT2D eigenvalue weighted by Gasteiger charge is 2.12. The van der Waals surface area contributed by atoms with Crippen molar-refractivity contribution in [3.8, 4) is 0 Å². The Morgan fingerprint density at radius 1 is 1.33 bits per heavy atom. The SMILES string of the molecule is N[C@@H](CS)C(=O)NCC(=O)OCc1ccccc1. The molecule has 0 aliphatic carbocycles. The average Bonchev–Trinajstić information content (AvgIpc) is 2.42. The first-order valence-electron chi connectivity index (χ1n) is 5.47. The van der Waals surface area contributed by atoms with E-state index >= 15 is 0 Å². The molecule has 0 bridgehead atoms. The van der Waals surface area contributed by atoms with Crippen molar-refractivity contribution < 1.29 is 14.3 Å². The Labute approximate surface area is 111 Å². The Bertz CT molecular complexity index is 398. The van der Waals surface area contributed by atoms with Crippen LogP contribution in [-0.4, -0.2) is 30.2 Å². The summed E-state index contributed by atoms with van der Waals surface area (Å²) in [5.74, 6) is -0.689.